The van der Waals surface area contributed by atoms with Crippen molar-refractivity contribution in [3.8, 4) is 6.07 Å². The maximum Gasteiger partial charge on any atom is 0.106 e. The third-order valence-electron chi connectivity index (χ3n) is 2.43. The van der Waals surface area contributed by atoms with Crippen LogP contribution in [-0.2, 0) is 7.05 Å². The van der Waals surface area contributed by atoms with Crippen molar-refractivity contribution in [1.82, 2.24) is 4.57 Å². The summed E-state index contributed by atoms with van der Waals surface area (Å²) in [7, 11) is 3.89. The van der Waals surface area contributed by atoms with E-state index in [1.165, 1.54) is 0 Å². The van der Waals surface area contributed by atoms with Crippen LogP contribution >= 0.6 is 12.4 Å². The number of nitriles is 1. The molecular weight excluding hydrogens is 210 g/mol. The molecular formula is C11H12ClN3. The van der Waals surface area contributed by atoms with Crippen molar-refractivity contribution < 1.29 is 0 Å². The molecule has 4 heteroatoms. The number of rotatable bonds is 1. The number of anilines is 1. The van der Waals surface area contributed by atoms with E-state index in [0.717, 1.165) is 16.7 Å². The van der Waals surface area contributed by atoms with Gasteiger partial charge in [0.25, 0.3) is 0 Å². The predicted octanol–water partition coefficient (Wildman–Crippen LogP) is 2.51. The molecule has 0 radical (unpaired) electrons. The Kier molecular flexibility index (Phi) is 3.23. The summed E-state index contributed by atoms with van der Waals surface area (Å²) in [6, 6.07) is 9.88. The summed E-state index contributed by atoms with van der Waals surface area (Å²) >= 11 is 0. The second-order valence-electron chi connectivity index (χ2n) is 3.22. The molecule has 0 atom stereocenters. The lowest BCUT2D eigenvalue weighted by molar-refractivity contribution is 0.972. The van der Waals surface area contributed by atoms with Crippen LogP contribution in [0.3, 0.4) is 0 Å². The smallest absolute Gasteiger partial charge is 0.106 e. The standard InChI is InChI=1S/C11H11N3.ClH/c1-13-11-6-9-5-8(7-12)3-4-10(9)14(11)2;/h3-6,13H,1-2H3;1H. The summed E-state index contributed by atoms with van der Waals surface area (Å²) in [5, 5.41) is 13.0. The third kappa shape index (κ3) is 1.77. The first-order valence-corrected chi connectivity index (χ1v) is 4.43. The lowest BCUT2D eigenvalue weighted by Crippen LogP contribution is -1.95. The normalized spacial score (nSPS) is 9.40. The van der Waals surface area contributed by atoms with Crippen molar-refractivity contribution in [1.29, 1.82) is 5.26 Å². The second kappa shape index (κ2) is 4.24. The molecule has 0 aliphatic heterocycles. The molecule has 0 fully saturated rings. The Hall–Kier alpha value is -1.66. The lowest BCUT2D eigenvalue weighted by atomic mass is 10.2. The van der Waals surface area contributed by atoms with E-state index >= 15 is 0 Å². The van der Waals surface area contributed by atoms with Crippen LogP contribution in [0.25, 0.3) is 10.9 Å². The van der Waals surface area contributed by atoms with Crippen LogP contribution in [0.5, 0.6) is 0 Å². The van der Waals surface area contributed by atoms with Crippen molar-refractivity contribution in [2.75, 3.05) is 12.4 Å². The van der Waals surface area contributed by atoms with Gasteiger partial charge in [-0.05, 0) is 24.3 Å². The quantitative estimate of drug-likeness (QED) is 0.804. The molecule has 0 saturated carbocycles. The minimum Gasteiger partial charge on any atom is -0.375 e. The highest BCUT2D eigenvalue weighted by Gasteiger charge is 2.04. The highest BCUT2D eigenvalue weighted by molar-refractivity contribution is 5.86. The molecule has 1 N–H and O–H groups in total. The highest BCUT2D eigenvalue weighted by atomic mass is 35.5. The molecule has 0 unspecified atom stereocenters. The monoisotopic (exact) mass is 221 g/mol. The molecule has 1 aromatic carbocycles. The lowest BCUT2D eigenvalue weighted by Gasteiger charge is -2.01. The molecule has 0 spiro atoms. The number of hydrogen-bond donors (Lipinski definition) is 1. The predicted molar refractivity (Wildman–Crippen MR) is 64.4 cm³/mol. The first-order valence-electron chi connectivity index (χ1n) is 4.43. The first-order chi connectivity index (χ1) is 6.76. The first kappa shape index (κ1) is 11.4. The Bertz CT molecular complexity index is 522. The maximum absolute atomic E-state index is 8.76. The van der Waals surface area contributed by atoms with Gasteiger partial charge in [-0.15, -0.1) is 12.4 Å². The van der Waals surface area contributed by atoms with Gasteiger partial charge in [-0.3, -0.25) is 0 Å². The molecule has 0 aliphatic rings. The van der Waals surface area contributed by atoms with E-state index in [1.807, 2.05) is 38.4 Å². The molecule has 1 heterocycles. The number of aromatic nitrogens is 1. The van der Waals surface area contributed by atoms with E-state index in [1.54, 1.807) is 0 Å². The average Bonchev–Trinajstić information content (AvgIpc) is 2.55. The number of nitrogens with zero attached hydrogens (tertiary/aromatic N) is 2. The zero-order valence-corrected chi connectivity index (χ0v) is 9.43. The van der Waals surface area contributed by atoms with E-state index in [4.69, 9.17) is 5.26 Å². The van der Waals surface area contributed by atoms with Crippen molar-refractivity contribution in [2.45, 2.75) is 0 Å². The average molecular weight is 222 g/mol. The summed E-state index contributed by atoms with van der Waals surface area (Å²) in [5.41, 5.74) is 1.83. The van der Waals surface area contributed by atoms with Gasteiger partial charge >= 0.3 is 0 Å². The summed E-state index contributed by atoms with van der Waals surface area (Å²) in [6.45, 7) is 0. The number of fused-ring (bicyclic) bond motifs is 1. The van der Waals surface area contributed by atoms with Gasteiger partial charge in [0.2, 0.25) is 0 Å². The van der Waals surface area contributed by atoms with Crippen LogP contribution in [0.1, 0.15) is 5.56 Å². The van der Waals surface area contributed by atoms with E-state index in [0.29, 0.717) is 5.56 Å². The fourth-order valence-corrected chi connectivity index (χ4v) is 1.66. The number of halogens is 1. The summed E-state index contributed by atoms with van der Waals surface area (Å²) in [6.07, 6.45) is 0. The summed E-state index contributed by atoms with van der Waals surface area (Å²) in [5.74, 6) is 1.05. The largest absolute Gasteiger partial charge is 0.375 e. The molecule has 15 heavy (non-hydrogen) atoms. The van der Waals surface area contributed by atoms with Gasteiger partial charge in [-0.2, -0.15) is 5.26 Å². The van der Waals surface area contributed by atoms with Crippen LogP contribution in [0, 0.1) is 11.3 Å². The van der Waals surface area contributed by atoms with Gasteiger partial charge in [0.05, 0.1) is 11.6 Å². The fraction of sp³-hybridized carbons (Fsp3) is 0.182. The second-order valence-corrected chi connectivity index (χ2v) is 3.22. The van der Waals surface area contributed by atoms with Gasteiger partial charge in [0.15, 0.2) is 0 Å². The third-order valence-corrected chi connectivity index (χ3v) is 2.43. The zero-order chi connectivity index (χ0) is 10.1. The molecule has 0 amide bonds. The van der Waals surface area contributed by atoms with Crippen LogP contribution in [0.15, 0.2) is 24.3 Å². The Balaban J connectivity index is 0.00000112. The van der Waals surface area contributed by atoms with Crippen LogP contribution in [-0.4, -0.2) is 11.6 Å². The molecule has 3 nitrogen and oxygen atoms in total. The van der Waals surface area contributed by atoms with E-state index in [-0.39, 0.29) is 12.4 Å². The van der Waals surface area contributed by atoms with Crippen molar-refractivity contribution in [3.05, 3.63) is 29.8 Å². The van der Waals surface area contributed by atoms with Gasteiger partial charge in [-0.1, -0.05) is 0 Å². The summed E-state index contributed by atoms with van der Waals surface area (Å²) < 4.78 is 2.07. The fourth-order valence-electron chi connectivity index (χ4n) is 1.66. The minimum atomic E-state index is 0. The molecule has 2 rings (SSSR count). The zero-order valence-electron chi connectivity index (χ0n) is 8.61. The van der Waals surface area contributed by atoms with E-state index in [2.05, 4.69) is 16.0 Å². The van der Waals surface area contributed by atoms with Crippen LogP contribution in [0.4, 0.5) is 5.82 Å². The van der Waals surface area contributed by atoms with E-state index < -0.39 is 0 Å². The molecule has 0 bridgehead atoms. The number of hydrogen-bond acceptors (Lipinski definition) is 2. The van der Waals surface area contributed by atoms with Gasteiger partial charge in [0, 0.05) is 25.0 Å². The molecule has 0 saturated heterocycles. The van der Waals surface area contributed by atoms with Gasteiger partial charge < -0.3 is 9.88 Å². The van der Waals surface area contributed by atoms with Gasteiger partial charge in [0.1, 0.15) is 5.82 Å². The van der Waals surface area contributed by atoms with Crippen molar-refractivity contribution in [2.24, 2.45) is 7.05 Å². The Morgan fingerprint density at radius 3 is 2.67 bits per heavy atom. The number of aryl methyl sites for hydroxylation is 1. The highest BCUT2D eigenvalue weighted by Crippen LogP contribution is 2.22. The van der Waals surface area contributed by atoms with Gasteiger partial charge in [-0.25, -0.2) is 0 Å². The van der Waals surface area contributed by atoms with Crippen LogP contribution in [0.2, 0.25) is 0 Å². The minimum absolute atomic E-state index is 0. The molecule has 1 aromatic heterocycles. The molecule has 0 aliphatic carbocycles. The Morgan fingerprint density at radius 1 is 1.33 bits per heavy atom. The van der Waals surface area contributed by atoms with Crippen molar-refractivity contribution in [3.63, 3.8) is 0 Å². The van der Waals surface area contributed by atoms with Crippen molar-refractivity contribution >= 4 is 29.1 Å². The Labute approximate surface area is 94.7 Å². The van der Waals surface area contributed by atoms with E-state index in [9.17, 15) is 0 Å². The number of nitrogens with one attached hydrogen (secondary N) is 1. The topological polar surface area (TPSA) is 40.8 Å². The summed E-state index contributed by atoms with van der Waals surface area (Å²) in [4.78, 5) is 0. The maximum atomic E-state index is 8.76. The number of benzene rings is 1. The SMILES string of the molecule is CNc1cc2cc(C#N)ccc2n1C.Cl. The molecule has 2 aromatic rings. The van der Waals surface area contributed by atoms with Crippen LogP contribution < -0.4 is 5.32 Å². The Morgan fingerprint density at radius 2 is 2.07 bits per heavy atom. The molecule has 78 valence electrons.